The van der Waals surface area contributed by atoms with Crippen LogP contribution in [-0.4, -0.2) is 43.0 Å². The molecule has 4 nitrogen and oxygen atoms in total. The van der Waals surface area contributed by atoms with Crippen molar-refractivity contribution in [3.05, 3.63) is 35.4 Å². The van der Waals surface area contributed by atoms with Gasteiger partial charge in [0.1, 0.15) is 0 Å². The van der Waals surface area contributed by atoms with E-state index >= 15 is 0 Å². The number of carbonyl (C=O) groups is 1. The fraction of sp³-hybridized carbons (Fsp3) is 0.611. The number of likely N-dealkylation sites (tertiary alicyclic amines) is 1. The average molecular weight is 374 g/mol. The highest BCUT2D eigenvalue weighted by molar-refractivity contribution is 5.85. The molecule has 0 aliphatic carbocycles. The number of nitrogens with zero attached hydrogens (tertiary/aromatic N) is 1. The van der Waals surface area contributed by atoms with Crippen LogP contribution in [-0.2, 0) is 11.3 Å². The molecule has 25 heavy (non-hydrogen) atoms. The van der Waals surface area contributed by atoms with Crippen molar-refractivity contribution in [1.82, 2.24) is 15.5 Å². The lowest BCUT2D eigenvalue weighted by molar-refractivity contribution is -0.123. The second-order valence-corrected chi connectivity index (χ2v) is 6.85. The van der Waals surface area contributed by atoms with Gasteiger partial charge in [0, 0.05) is 25.2 Å². The number of rotatable bonds is 5. The summed E-state index contributed by atoms with van der Waals surface area (Å²) >= 11 is 0. The maximum atomic E-state index is 13.8. The Balaban J connectivity index is 0.00000225. The Labute approximate surface area is 153 Å². The van der Waals surface area contributed by atoms with Crippen LogP contribution in [0, 0.1) is 17.6 Å². The molecule has 2 heterocycles. The minimum atomic E-state index is -0.794. The Morgan fingerprint density at radius 3 is 2.88 bits per heavy atom. The van der Waals surface area contributed by atoms with Gasteiger partial charge in [0.05, 0.1) is 6.04 Å². The van der Waals surface area contributed by atoms with Crippen molar-refractivity contribution in [3.8, 4) is 0 Å². The van der Waals surface area contributed by atoms with Gasteiger partial charge in [-0.05, 0) is 50.8 Å². The summed E-state index contributed by atoms with van der Waals surface area (Å²) < 4.78 is 27.1. The summed E-state index contributed by atoms with van der Waals surface area (Å²) in [6.07, 6.45) is 4.02. The Bertz CT molecular complexity index is 581. The summed E-state index contributed by atoms with van der Waals surface area (Å²) in [7, 11) is 0. The first-order chi connectivity index (χ1) is 11.6. The molecule has 2 N–H and O–H groups in total. The third-order valence-electron chi connectivity index (χ3n) is 4.97. The van der Waals surface area contributed by atoms with Crippen LogP contribution in [0.5, 0.6) is 0 Å². The van der Waals surface area contributed by atoms with Gasteiger partial charge in [-0.25, -0.2) is 8.78 Å². The van der Waals surface area contributed by atoms with Gasteiger partial charge in [-0.15, -0.1) is 12.4 Å². The lowest BCUT2D eigenvalue weighted by atomic mass is 9.97. The molecule has 140 valence electrons. The zero-order valence-electron chi connectivity index (χ0n) is 14.3. The van der Waals surface area contributed by atoms with Crippen molar-refractivity contribution in [2.45, 2.75) is 38.3 Å². The zero-order chi connectivity index (χ0) is 16.9. The fourth-order valence-corrected chi connectivity index (χ4v) is 3.65. The van der Waals surface area contributed by atoms with E-state index in [0.29, 0.717) is 24.6 Å². The van der Waals surface area contributed by atoms with Gasteiger partial charge >= 0.3 is 0 Å². The van der Waals surface area contributed by atoms with Crippen LogP contribution in [0.3, 0.4) is 0 Å². The topological polar surface area (TPSA) is 44.4 Å². The van der Waals surface area contributed by atoms with Crippen molar-refractivity contribution in [2.24, 2.45) is 5.92 Å². The second kappa shape index (κ2) is 9.46. The van der Waals surface area contributed by atoms with Crippen molar-refractivity contribution in [3.63, 3.8) is 0 Å². The standard InChI is InChI=1S/C18H25F2N3O.ClH/c19-15-6-1-5-14(17(15)20)12-23-9-3-4-13(11-23)10-22-18(24)16-7-2-8-21-16;/h1,5-6,13,16,21H,2-4,7-12H2,(H,22,24);1H. The molecule has 2 unspecified atom stereocenters. The number of hydrogen-bond donors (Lipinski definition) is 2. The summed E-state index contributed by atoms with van der Waals surface area (Å²) in [4.78, 5) is 14.2. The molecule has 2 saturated heterocycles. The van der Waals surface area contributed by atoms with Crippen LogP contribution in [0.15, 0.2) is 18.2 Å². The molecule has 3 rings (SSSR count). The van der Waals surface area contributed by atoms with Crippen molar-refractivity contribution in [1.29, 1.82) is 0 Å². The van der Waals surface area contributed by atoms with E-state index in [1.165, 1.54) is 0 Å². The number of piperidine rings is 1. The Morgan fingerprint density at radius 1 is 1.28 bits per heavy atom. The van der Waals surface area contributed by atoms with Crippen LogP contribution in [0.2, 0.25) is 0 Å². The molecule has 0 bridgehead atoms. The highest BCUT2D eigenvalue weighted by Crippen LogP contribution is 2.20. The highest BCUT2D eigenvalue weighted by Gasteiger charge is 2.25. The molecule has 2 atom stereocenters. The van der Waals surface area contributed by atoms with Gasteiger partial charge in [-0.3, -0.25) is 9.69 Å². The van der Waals surface area contributed by atoms with Gasteiger partial charge in [-0.1, -0.05) is 12.1 Å². The molecule has 0 aromatic heterocycles. The summed E-state index contributed by atoms with van der Waals surface area (Å²) in [6.45, 7) is 3.66. The third kappa shape index (κ3) is 5.36. The van der Waals surface area contributed by atoms with Crippen LogP contribution in [0.4, 0.5) is 8.78 Å². The molecule has 0 radical (unpaired) electrons. The number of nitrogens with one attached hydrogen (secondary N) is 2. The number of carbonyl (C=O) groups excluding carboxylic acids is 1. The van der Waals surface area contributed by atoms with E-state index in [0.717, 1.165) is 51.4 Å². The zero-order valence-corrected chi connectivity index (χ0v) is 15.1. The van der Waals surface area contributed by atoms with E-state index in [-0.39, 0.29) is 24.4 Å². The summed E-state index contributed by atoms with van der Waals surface area (Å²) in [5.74, 6) is -1.10. The molecule has 0 spiro atoms. The molecule has 2 aliphatic heterocycles. The summed E-state index contributed by atoms with van der Waals surface area (Å²) in [5, 5.41) is 6.23. The van der Waals surface area contributed by atoms with E-state index in [2.05, 4.69) is 15.5 Å². The quantitative estimate of drug-likeness (QED) is 0.833. The molecule has 1 aromatic rings. The molecular formula is C18H26ClF2N3O. The fourth-order valence-electron chi connectivity index (χ4n) is 3.65. The maximum Gasteiger partial charge on any atom is 0.237 e. The van der Waals surface area contributed by atoms with E-state index in [1.807, 2.05) is 0 Å². The lowest BCUT2D eigenvalue weighted by Gasteiger charge is -2.33. The Kier molecular flexibility index (Phi) is 7.59. The monoisotopic (exact) mass is 373 g/mol. The smallest absolute Gasteiger partial charge is 0.237 e. The van der Waals surface area contributed by atoms with Crippen LogP contribution >= 0.6 is 12.4 Å². The molecular weight excluding hydrogens is 348 g/mol. The molecule has 1 amide bonds. The van der Waals surface area contributed by atoms with E-state index in [1.54, 1.807) is 12.1 Å². The van der Waals surface area contributed by atoms with Crippen molar-refractivity contribution in [2.75, 3.05) is 26.2 Å². The minimum absolute atomic E-state index is 0. The minimum Gasteiger partial charge on any atom is -0.354 e. The van der Waals surface area contributed by atoms with Crippen molar-refractivity contribution >= 4 is 18.3 Å². The first-order valence-corrected chi connectivity index (χ1v) is 8.80. The van der Waals surface area contributed by atoms with Gasteiger partial charge in [0.15, 0.2) is 11.6 Å². The summed E-state index contributed by atoms with van der Waals surface area (Å²) in [5.41, 5.74) is 0.398. The maximum absolute atomic E-state index is 13.8. The number of amides is 1. The van der Waals surface area contributed by atoms with Crippen LogP contribution in [0.25, 0.3) is 0 Å². The van der Waals surface area contributed by atoms with Crippen LogP contribution < -0.4 is 10.6 Å². The third-order valence-corrected chi connectivity index (χ3v) is 4.97. The largest absolute Gasteiger partial charge is 0.354 e. The van der Waals surface area contributed by atoms with Gasteiger partial charge in [0.2, 0.25) is 5.91 Å². The van der Waals surface area contributed by atoms with E-state index in [9.17, 15) is 13.6 Å². The van der Waals surface area contributed by atoms with E-state index < -0.39 is 11.6 Å². The highest BCUT2D eigenvalue weighted by atomic mass is 35.5. The molecule has 2 aliphatic rings. The Hall–Kier alpha value is -1.24. The van der Waals surface area contributed by atoms with Gasteiger partial charge in [0.25, 0.3) is 0 Å². The molecule has 0 saturated carbocycles. The number of halogens is 3. The predicted molar refractivity (Wildman–Crippen MR) is 95.6 cm³/mol. The van der Waals surface area contributed by atoms with Crippen LogP contribution in [0.1, 0.15) is 31.2 Å². The molecule has 7 heteroatoms. The van der Waals surface area contributed by atoms with Gasteiger partial charge < -0.3 is 10.6 Å². The van der Waals surface area contributed by atoms with Gasteiger partial charge in [-0.2, -0.15) is 0 Å². The first kappa shape index (κ1) is 20.1. The average Bonchev–Trinajstić information content (AvgIpc) is 3.12. The van der Waals surface area contributed by atoms with Crippen molar-refractivity contribution < 1.29 is 13.6 Å². The lowest BCUT2D eigenvalue weighted by Crippen LogP contribution is -2.45. The summed E-state index contributed by atoms with van der Waals surface area (Å²) in [6, 6.07) is 4.27. The molecule has 2 fully saturated rings. The number of benzene rings is 1. The number of hydrogen-bond acceptors (Lipinski definition) is 3. The van der Waals surface area contributed by atoms with E-state index in [4.69, 9.17) is 0 Å². The Morgan fingerprint density at radius 2 is 2.12 bits per heavy atom. The predicted octanol–water partition coefficient (Wildman–Crippen LogP) is 2.47. The normalized spacial score (nSPS) is 23.9. The first-order valence-electron chi connectivity index (χ1n) is 8.80. The SMILES string of the molecule is Cl.O=C(NCC1CCCN(Cc2cccc(F)c2F)C1)C1CCCN1. The second-order valence-electron chi connectivity index (χ2n) is 6.85. The molecule has 1 aromatic carbocycles.